The molecule has 9 heteroatoms. The van der Waals surface area contributed by atoms with Crippen LogP contribution in [0.4, 0.5) is 10.1 Å². The van der Waals surface area contributed by atoms with Crippen LogP contribution in [0, 0.1) is 12.7 Å². The molecule has 0 saturated carbocycles. The van der Waals surface area contributed by atoms with Crippen molar-refractivity contribution < 1.29 is 17.6 Å². The van der Waals surface area contributed by atoms with Gasteiger partial charge >= 0.3 is 0 Å². The Bertz CT molecular complexity index is 994. The van der Waals surface area contributed by atoms with E-state index in [0.717, 1.165) is 0 Å². The normalized spacial score (nSPS) is 12.1. The van der Waals surface area contributed by atoms with E-state index in [2.05, 4.69) is 15.4 Å². The Balaban J connectivity index is 2.09. The summed E-state index contributed by atoms with van der Waals surface area (Å²) >= 11 is 6.10. The first-order valence-electron chi connectivity index (χ1n) is 8.51. The van der Waals surface area contributed by atoms with E-state index in [-0.39, 0.29) is 22.4 Å². The average Bonchev–Trinajstić information content (AvgIpc) is 2.61. The molecule has 0 radical (unpaired) electrons. The summed E-state index contributed by atoms with van der Waals surface area (Å²) in [6.07, 6.45) is 0. The maximum Gasteiger partial charge on any atom is 0.240 e. The molecule has 0 aromatic heterocycles. The minimum Gasteiger partial charge on any atom is -0.325 e. The first kappa shape index (κ1) is 22.3. The molecule has 0 saturated heterocycles. The fraction of sp³-hybridized carbons (Fsp3) is 0.316. The van der Waals surface area contributed by atoms with Crippen molar-refractivity contribution in [1.29, 1.82) is 0 Å². The van der Waals surface area contributed by atoms with Crippen LogP contribution < -0.4 is 15.4 Å². The number of carbonyl (C=O) groups excluding carboxylic acids is 1. The first-order valence-corrected chi connectivity index (χ1v) is 10.4. The lowest BCUT2D eigenvalue weighted by molar-refractivity contribution is -0.115. The van der Waals surface area contributed by atoms with E-state index < -0.39 is 21.4 Å². The zero-order chi connectivity index (χ0) is 21.1. The molecular weight excluding hydrogens is 405 g/mol. The van der Waals surface area contributed by atoms with Gasteiger partial charge in [0.2, 0.25) is 15.9 Å². The Labute approximate surface area is 169 Å². The standard InChI is InChI=1S/C19H23ClFN3O3S/c1-12-5-7-14(10-17(12)28(26,27)22-4)24-18(25)11-23-19(2,3)15-8-6-13(21)9-16(15)20/h5-10,22-23H,11H2,1-4H3,(H,24,25). The fourth-order valence-electron chi connectivity index (χ4n) is 2.68. The number of benzene rings is 2. The molecule has 0 aliphatic rings. The van der Waals surface area contributed by atoms with Gasteiger partial charge in [-0.15, -0.1) is 0 Å². The Morgan fingerprint density at radius 2 is 1.86 bits per heavy atom. The number of sulfonamides is 1. The molecular formula is C19H23ClFN3O3S. The maximum atomic E-state index is 13.2. The zero-order valence-corrected chi connectivity index (χ0v) is 17.6. The Hall–Kier alpha value is -2.00. The fourth-order valence-corrected chi connectivity index (χ4v) is 4.07. The summed E-state index contributed by atoms with van der Waals surface area (Å²) < 4.78 is 39.6. The van der Waals surface area contributed by atoms with Crippen LogP contribution in [0.5, 0.6) is 0 Å². The van der Waals surface area contributed by atoms with Crippen LogP contribution in [0.2, 0.25) is 5.02 Å². The van der Waals surface area contributed by atoms with Crippen LogP contribution in [0.25, 0.3) is 0 Å². The van der Waals surface area contributed by atoms with E-state index in [0.29, 0.717) is 16.8 Å². The summed E-state index contributed by atoms with van der Waals surface area (Å²) in [5.74, 6) is -0.794. The van der Waals surface area contributed by atoms with Crippen molar-refractivity contribution in [2.75, 3.05) is 18.9 Å². The van der Waals surface area contributed by atoms with Gasteiger partial charge < -0.3 is 5.32 Å². The van der Waals surface area contributed by atoms with Gasteiger partial charge in [-0.3, -0.25) is 10.1 Å². The third-order valence-electron chi connectivity index (χ3n) is 4.33. The third-order valence-corrected chi connectivity index (χ3v) is 6.19. The average molecular weight is 428 g/mol. The second-order valence-corrected chi connectivity index (χ2v) is 9.10. The molecule has 2 aromatic carbocycles. The van der Waals surface area contributed by atoms with E-state index in [1.54, 1.807) is 25.1 Å². The van der Waals surface area contributed by atoms with Gasteiger partial charge in [-0.05, 0) is 63.2 Å². The van der Waals surface area contributed by atoms with Gasteiger partial charge in [0.1, 0.15) is 5.82 Å². The highest BCUT2D eigenvalue weighted by molar-refractivity contribution is 7.89. The predicted octanol–water partition coefficient (Wildman–Crippen LogP) is 3.16. The Morgan fingerprint density at radius 3 is 2.46 bits per heavy atom. The lowest BCUT2D eigenvalue weighted by Gasteiger charge is -2.27. The van der Waals surface area contributed by atoms with E-state index >= 15 is 0 Å². The van der Waals surface area contributed by atoms with Crippen LogP contribution in [0.15, 0.2) is 41.3 Å². The van der Waals surface area contributed by atoms with Gasteiger partial charge in [-0.1, -0.05) is 23.7 Å². The second kappa shape index (κ2) is 8.57. The summed E-state index contributed by atoms with van der Waals surface area (Å²) in [5, 5.41) is 6.00. The number of anilines is 1. The molecule has 0 heterocycles. The molecule has 6 nitrogen and oxygen atoms in total. The van der Waals surface area contributed by atoms with Crippen molar-refractivity contribution in [2.24, 2.45) is 0 Å². The minimum absolute atomic E-state index is 0.0529. The number of nitrogens with one attached hydrogen (secondary N) is 3. The highest BCUT2D eigenvalue weighted by Crippen LogP contribution is 2.28. The molecule has 0 unspecified atom stereocenters. The van der Waals surface area contributed by atoms with Crippen LogP contribution in [0.1, 0.15) is 25.0 Å². The Kier molecular flexibility index (Phi) is 6.82. The smallest absolute Gasteiger partial charge is 0.240 e. The monoisotopic (exact) mass is 427 g/mol. The number of hydrogen-bond donors (Lipinski definition) is 3. The third kappa shape index (κ3) is 5.29. The molecule has 0 spiro atoms. The molecule has 0 bridgehead atoms. The minimum atomic E-state index is -3.63. The van der Waals surface area contributed by atoms with E-state index in [4.69, 9.17) is 11.6 Å². The van der Waals surface area contributed by atoms with Gasteiger partial charge in [0.05, 0.1) is 11.4 Å². The van der Waals surface area contributed by atoms with E-state index in [9.17, 15) is 17.6 Å². The van der Waals surface area contributed by atoms with Crippen molar-refractivity contribution in [3.8, 4) is 0 Å². The number of rotatable bonds is 7. The summed E-state index contributed by atoms with van der Waals surface area (Å²) in [7, 11) is -2.30. The molecule has 2 aromatic rings. The molecule has 152 valence electrons. The SMILES string of the molecule is CNS(=O)(=O)c1cc(NC(=O)CNC(C)(C)c2ccc(F)cc2Cl)ccc1C. The number of amides is 1. The quantitative estimate of drug-likeness (QED) is 0.633. The van der Waals surface area contributed by atoms with Gasteiger partial charge in [0.25, 0.3) is 0 Å². The molecule has 28 heavy (non-hydrogen) atoms. The number of aryl methyl sites for hydroxylation is 1. The van der Waals surface area contributed by atoms with Crippen molar-refractivity contribution in [1.82, 2.24) is 10.0 Å². The second-order valence-electron chi connectivity index (χ2n) is 6.84. The van der Waals surface area contributed by atoms with Crippen molar-refractivity contribution in [2.45, 2.75) is 31.2 Å². The van der Waals surface area contributed by atoms with E-state index in [1.807, 2.05) is 13.8 Å². The Morgan fingerprint density at radius 1 is 1.18 bits per heavy atom. The molecule has 2 rings (SSSR count). The molecule has 0 aliphatic heterocycles. The molecule has 3 N–H and O–H groups in total. The highest BCUT2D eigenvalue weighted by atomic mass is 35.5. The topological polar surface area (TPSA) is 87.3 Å². The lowest BCUT2D eigenvalue weighted by atomic mass is 9.94. The van der Waals surface area contributed by atoms with Gasteiger partial charge in [-0.25, -0.2) is 17.5 Å². The summed E-state index contributed by atoms with van der Waals surface area (Å²) in [5.41, 5.74) is 0.901. The van der Waals surface area contributed by atoms with Gasteiger partial charge in [0, 0.05) is 16.2 Å². The molecule has 0 fully saturated rings. The number of hydrogen-bond acceptors (Lipinski definition) is 4. The van der Waals surface area contributed by atoms with Crippen LogP contribution >= 0.6 is 11.6 Å². The zero-order valence-electron chi connectivity index (χ0n) is 16.1. The summed E-state index contributed by atoms with van der Waals surface area (Å²) in [6.45, 7) is 5.26. The van der Waals surface area contributed by atoms with Crippen molar-refractivity contribution in [3.05, 3.63) is 58.4 Å². The molecule has 0 aliphatic carbocycles. The van der Waals surface area contributed by atoms with Crippen LogP contribution in [-0.2, 0) is 20.4 Å². The van der Waals surface area contributed by atoms with Gasteiger partial charge in [-0.2, -0.15) is 0 Å². The van der Waals surface area contributed by atoms with Gasteiger partial charge in [0.15, 0.2) is 0 Å². The predicted molar refractivity (Wildman–Crippen MR) is 108 cm³/mol. The lowest BCUT2D eigenvalue weighted by Crippen LogP contribution is -2.41. The number of halogens is 2. The summed E-state index contributed by atoms with van der Waals surface area (Å²) in [6, 6.07) is 8.75. The van der Waals surface area contributed by atoms with Crippen LogP contribution in [0.3, 0.4) is 0 Å². The maximum absolute atomic E-state index is 13.2. The highest BCUT2D eigenvalue weighted by Gasteiger charge is 2.24. The van der Waals surface area contributed by atoms with E-state index in [1.165, 1.54) is 25.2 Å². The molecule has 1 amide bonds. The number of carbonyl (C=O) groups is 1. The largest absolute Gasteiger partial charge is 0.325 e. The molecule has 0 atom stereocenters. The van der Waals surface area contributed by atoms with Crippen molar-refractivity contribution in [3.63, 3.8) is 0 Å². The first-order chi connectivity index (χ1) is 13.0. The van der Waals surface area contributed by atoms with Crippen molar-refractivity contribution >= 4 is 33.2 Å². The summed E-state index contributed by atoms with van der Waals surface area (Å²) in [4.78, 5) is 12.4. The van der Waals surface area contributed by atoms with Crippen LogP contribution in [-0.4, -0.2) is 27.9 Å².